The first-order valence-electron chi connectivity index (χ1n) is 11.1. The lowest BCUT2D eigenvalue weighted by Gasteiger charge is -2.26. The molecule has 1 atom stereocenters. The summed E-state index contributed by atoms with van der Waals surface area (Å²) < 4.78 is 55.8. The predicted octanol–water partition coefficient (Wildman–Crippen LogP) is 8.01. The first-order valence-corrected chi connectivity index (χ1v) is 11.1. The molecule has 4 rings (SSSR count). The zero-order valence-corrected chi connectivity index (χ0v) is 18.0. The summed E-state index contributed by atoms with van der Waals surface area (Å²) in [5, 5.41) is 0. The predicted molar refractivity (Wildman–Crippen MR) is 118 cm³/mol. The van der Waals surface area contributed by atoms with Gasteiger partial charge >= 0.3 is 6.36 Å². The Morgan fingerprint density at radius 2 is 1.66 bits per heavy atom. The van der Waals surface area contributed by atoms with Crippen molar-refractivity contribution in [3.8, 4) is 16.9 Å². The van der Waals surface area contributed by atoms with Crippen LogP contribution in [0.5, 0.6) is 5.75 Å². The number of alkyl halides is 3. The van der Waals surface area contributed by atoms with E-state index in [0.717, 1.165) is 60.8 Å². The Labute approximate surface area is 186 Å². The molecule has 0 aliphatic heterocycles. The van der Waals surface area contributed by atoms with Crippen molar-refractivity contribution >= 4 is 0 Å². The van der Waals surface area contributed by atoms with Gasteiger partial charge in [-0.2, -0.15) is 0 Å². The second-order valence-corrected chi connectivity index (χ2v) is 8.45. The Balaban J connectivity index is 1.48. The molecule has 1 aliphatic rings. The maximum atomic E-state index is 14.8. The summed E-state index contributed by atoms with van der Waals surface area (Å²) in [7, 11) is 0. The van der Waals surface area contributed by atoms with Crippen LogP contribution in [0.15, 0.2) is 60.7 Å². The van der Waals surface area contributed by atoms with Crippen molar-refractivity contribution < 1.29 is 22.3 Å². The van der Waals surface area contributed by atoms with Crippen molar-refractivity contribution in [3.63, 3.8) is 0 Å². The molecule has 0 fully saturated rings. The van der Waals surface area contributed by atoms with Gasteiger partial charge in [0, 0.05) is 0 Å². The molecule has 1 aliphatic carbocycles. The summed E-state index contributed by atoms with van der Waals surface area (Å²) in [5.74, 6) is -0.179. The molecule has 168 valence electrons. The first-order chi connectivity index (χ1) is 15.3. The maximum Gasteiger partial charge on any atom is 0.573 e. The van der Waals surface area contributed by atoms with Gasteiger partial charge in [-0.3, -0.25) is 0 Å². The molecule has 0 saturated heterocycles. The standard InChI is InChI=1S/C27H26F4O/c1-2-3-4-18-5-14-25(26(28)15-18)23-9-8-21-16-20(6-7-22(21)17-23)19-10-12-24(13-11-19)32-27(29,30)31/h5-7,10-16,23H,2-4,8-9,17H2,1H3. The zero-order valence-electron chi connectivity index (χ0n) is 18.0. The number of aryl methyl sites for hydroxylation is 2. The largest absolute Gasteiger partial charge is 0.573 e. The van der Waals surface area contributed by atoms with E-state index in [4.69, 9.17) is 0 Å². The number of ether oxygens (including phenoxy) is 1. The highest BCUT2D eigenvalue weighted by molar-refractivity contribution is 5.66. The van der Waals surface area contributed by atoms with Gasteiger partial charge in [0.2, 0.25) is 0 Å². The molecule has 0 N–H and O–H groups in total. The number of fused-ring (bicyclic) bond motifs is 1. The lowest BCUT2D eigenvalue weighted by Crippen LogP contribution is -2.16. The molecule has 1 nitrogen and oxygen atoms in total. The Hall–Kier alpha value is -2.82. The van der Waals surface area contributed by atoms with E-state index in [1.54, 1.807) is 18.2 Å². The van der Waals surface area contributed by atoms with Crippen LogP contribution in [0, 0.1) is 5.82 Å². The van der Waals surface area contributed by atoms with Gasteiger partial charge in [0.05, 0.1) is 0 Å². The van der Waals surface area contributed by atoms with Crippen LogP contribution in [0.2, 0.25) is 0 Å². The van der Waals surface area contributed by atoms with Crippen molar-refractivity contribution in [2.75, 3.05) is 0 Å². The smallest absolute Gasteiger partial charge is 0.406 e. The van der Waals surface area contributed by atoms with Gasteiger partial charge < -0.3 is 4.74 Å². The third kappa shape index (κ3) is 5.32. The molecule has 1 unspecified atom stereocenters. The monoisotopic (exact) mass is 442 g/mol. The average Bonchev–Trinajstić information content (AvgIpc) is 2.76. The molecule has 0 bridgehead atoms. The van der Waals surface area contributed by atoms with Crippen molar-refractivity contribution in [1.82, 2.24) is 0 Å². The minimum absolute atomic E-state index is 0.107. The van der Waals surface area contributed by atoms with Crippen LogP contribution in [-0.4, -0.2) is 6.36 Å². The van der Waals surface area contributed by atoms with Gasteiger partial charge in [0.25, 0.3) is 0 Å². The van der Waals surface area contributed by atoms with Gasteiger partial charge in [0.15, 0.2) is 0 Å². The fraction of sp³-hybridized carbons (Fsp3) is 0.333. The number of hydrogen-bond acceptors (Lipinski definition) is 1. The molecule has 0 aromatic heterocycles. The van der Waals surface area contributed by atoms with Crippen molar-refractivity contribution in [2.45, 2.75) is 57.7 Å². The topological polar surface area (TPSA) is 9.23 Å². The van der Waals surface area contributed by atoms with Crippen LogP contribution in [0.4, 0.5) is 17.6 Å². The highest BCUT2D eigenvalue weighted by atomic mass is 19.4. The van der Waals surface area contributed by atoms with Gasteiger partial charge in [0.1, 0.15) is 11.6 Å². The van der Waals surface area contributed by atoms with E-state index in [9.17, 15) is 17.6 Å². The van der Waals surface area contributed by atoms with Crippen LogP contribution in [-0.2, 0) is 19.3 Å². The molecule has 0 radical (unpaired) electrons. The molecule has 32 heavy (non-hydrogen) atoms. The molecule has 3 aromatic carbocycles. The van der Waals surface area contributed by atoms with E-state index in [1.807, 2.05) is 12.1 Å². The molecular weight excluding hydrogens is 416 g/mol. The van der Waals surface area contributed by atoms with E-state index in [1.165, 1.54) is 23.3 Å². The molecule has 0 spiro atoms. The summed E-state index contributed by atoms with van der Waals surface area (Å²) in [6, 6.07) is 17.7. The van der Waals surface area contributed by atoms with Gasteiger partial charge in [-0.15, -0.1) is 13.2 Å². The van der Waals surface area contributed by atoms with Crippen LogP contribution in [0.25, 0.3) is 11.1 Å². The average molecular weight is 442 g/mol. The highest BCUT2D eigenvalue weighted by Crippen LogP contribution is 2.36. The van der Waals surface area contributed by atoms with Crippen LogP contribution in [0.3, 0.4) is 0 Å². The Morgan fingerprint density at radius 1 is 0.906 bits per heavy atom. The first kappa shape index (κ1) is 22.4. The van der Waals surface area contributed by atoms with E-state index < -0.39 is 6.36 Å². The maximum absolute atomic E-state index is 14.8. The van der Waals surface area contributed by atoms with Crippen molar-refractivity contribution in [2.24, 2.45) is 0 Å². The van der Waals surface area contributed by atoms with Gasteiger partial charge in [-0.25, -0.2) is 4.39 Å². The molecule has 3 aromatic rings. The summed E-state index contributed by atoms with van der Waals surface area (Å²) >= 11 is 0. The van der Waals surface area contributed by atoms with E-state index in [2.05, 4.69) is 29.9 Å². The summed E-state index contributed by atoms with van der Waals surface area (Å²) in [4.78, 5) is 0. The lowest BCUT2D eigenvalue weighted by atomic mass is 9.79. The molecule has 0 saturated carbocycles. The normalized spacial score (nSPS) is 16.0. The minimum atomic E-state index is -4.70. The fourth-order valence-electron chi connectivity index (χ4n) is 4.49. The van der Waals surface area contributed by atoms with Crippen LogP contribution in [0.1, 0.15) is 54.4 Å². The van der Waals surface area contributed by atoms with Crippen molar-refractivity contribution in [1.29, 1.82) is 0 Å². The van der Waals surface area contributed by atoms with Gasteiger partial charge in [-0.1, -0.05) is 55.8 Å². The SMILES string of the molecule is CCCCc1ccc(C2CCc3cc(-c4ccc(OC(F)(F)F)cc4)ccc3C2)c(F)c1. The number of rotatable bonds is 6. The zero-order chi connectivity index (χ0) is 22.7. The van der Waals surface area contributed by atoms with Crippen LogP contribution < -0.4 is 4.74 Å². The molecular formula is C27H26F4O. The Kier molecular flexibility index (Phi) is 6.54. The number of benzene rings is 3. The third-order valence-corrected chi connectivity index (χ3v) is 6.18. The Morgan fingerprint density at radius 3 is 2.34 bits per heavy atom. The number of hydrogen-bond donors (Lipinski definition) is 0. The summed E-state index contributed by atoms with van der Waals surface area (Å²) in [6.07, 6.45) is 0.887. The van der Waals surface area contributed by atoms with E-state index >= 15 is 0 Å². The fourth-order valence-corrected chi connectivity index (χ4v) is 4.49. The molecule has 0 amide bonds. The number of halogens is 4. The van der Waals surface area contributed by atoms with E-state index in [0.29, 0.717) is 0 Å². The third-order valence-electron chi connectivity index (χ3n) is 6.18. The molecule has 0 heterocycles. The quantitative estimate of drug-likeness (QED) is 0.351. The van der Waals surface area contributed by atoms with Gasteiger partial charge in [-0.05, 0) is 89.6 Å². The Bertz CT molecular complexity index is 1070. The second kappa shape index (κ2) is 9.35. The van der Waals surface area contributed by atoms with Crippen molar-refractivity contribution in [3.05, 3.63) is 88.7 Å². The minimum Gasteiger partial charge on any atom is -0.406 e. The molecule has 5 heteroatoms. The second-order valence-electron chi connectivity index (χ2n) is 8.45. The van der Waals surface area contributed by atoms with Crippen LogP contribution >= 0.6 is 0 Å². The van der Waals surface area contributed by atoms with E-state index in [-0.39, 0.29) is 17.5 Å². The lowest BCUT2D eigenvalue weighted by molar-refractivity contribution is -0.274. The summed E-state index contributed by atoms with van der Waals surface area (Å²) in [6.45, 7) is 2.13. The highest BCUT2D eigenvalue weighted by Gasteiger charge is 2.31. The summed E-state index contributed by atoms with van der Waals surface area (Å²) in [5.41, 5.74) is 6.05. The number of unbranched alkanes of at least 4 members (excludes halogenated alkanes) is 1.